The molecule has 0 fully saturated rings. The van der Waals surface area contributed by atoms with Gasteiger partial charge in [0.1, 0.15) is 6.04 Å². The van der Waals surface area contributed by atoms with Crippen LogP contribution in [0.4, 0.5) is 0 Å². The van der Waals surface area contributed by atoms with Crippen LogP contribution in [0.3, 0.4) is 0 Å². The molecule has 2 aromatic rings. The summed E-state index contributed by atoms with van der Waals surface area (Å²) < 4.78 is 0. The Morgan fingerprint density at radius 3 is 2.20 bits per heavy atom. The minimum absolute atomic E-state index is 0.418. The largest absolute Gasteiger partial charge is 0.368 e. The maximum atomic E-state index is 11.7. The number of primary amides is 1. The van der Waals surface area contributed by atoms with Crippen molar-refractivity contribution in [1.82, 2.24) is 5.32 Å². The average Bonchev–Trinajstić information content (AvgIpc) is 2.42. The van der Waals surface area contributed by atoms with Crippen LogP contribution in [0.25, 0.3) is 0 Å². The standard InChI is InChI=1S/C15H14Cl2N2O/c16-11-7-4-8-12(17)13(11)14(15(18)20)19-9-10-5-2-1-3-6-10/h1-8,14,19H,9H2,(H2,18,20). The van der Waals surface area contributed by atoms with Gasteiger partial charge in [0.2, 0.25) is 5.91 Å². The van der Waals surface area contributed by atoms with Gasteiger partial charge in [-0.15, -0.1) is 0 Å². The molecule has 5 heteroatoms. The number of hydrogen-bond acceptors (Lipinski definition) is 2. The van der Waals surface area contributed by atoms with E-state index in [0.29, 0.717) is 22.2 Å². The molecule has 1 atom stereocenters. The van der Waals surface area contributed by atoms with Gasteiger partial charge in [-0.05, 0) is 17.7 Å². The first-order valence-electron chi connectivity index (χ1n) is 6.10. The van der Waals surface area contributed by atoms with Gasteiger partial charge in [-0.1, -0.05) is 59.6 Å². The van der Waals surface area contributed by atoms with Crippen LogP contribution in [0, 0.1) is 0 Å². The normalized spacial score (nSPS) is 12.1. The van der Waals surface area contributed by atoms with Gasteiger partial charge in [0, 0.05) is 22.2 Å². The SMILES string of the molecule is NC(=O)C(NCc1ccccc1)c1c(Cl)cccc1Cl. The van der Waals surface area contributed by atoms with Crippen LogP contribution in [0.5, 0.6) is 0 Å². The first-order chi connectivity index (χ1) is 9.59. The van der Waals surface area contributed by atoms with Gasteiger partial charge >= 0.3 is 0 Å². The highest BCUT2D eigenvalue weighted by Crippen LogP contribution is 2.30. The molecule has 20 heavy (non-hydrogen) atoms. The summed E-state index contributed by atoms with van der Waals surface area (Å²) in [5.74, 6) is -0.518. The van der Waals surface area contributed by atoms with Crippen molar-refractivity contribution in [2.24, 2.45) is 5.73 Å². The Bertz CT molecular complexity index is 582. The Labute approximate surface area is 127 Å². The van der Waals surface area contributed by atoms with Crippen molar-refractivity contribution in [3.05, 3.63) is 69.7 Å². The van der Waals surface area contributed by atoms with E-state index < -0.39 is 11.9 Å². The van der Waals surface area contributed by atoms with Crippen molar-refractivity contribution >= 4 is 29.1 Å². The Morgan fingerprint density at radius 1 is 1.05 bits per heavy atom. The van der Waals surface area contributed by atoms with Gasteiger partial charge < -0.3 is 5.73 Å². The van der Waals surface area contributed by atoms with Gasteiger partial charge in [-0.25, -0.2) is 0 Å². The number of benzene rings is 2. The summed E-state index contributed by atoms with van der Waals surface area (Å²) in [6.45, 7) is 0.496. The third-order valence-corrected chi connectivity index (χ3v) is 3.59. The van der Waals surface area contributed by atoms with Crippen LogP contribution in [-0.2, 0) is 11.3 Å². The second-order valence-corrected chi connectivity index (χ2v) is 5.15. The van der Waals surface area contributed by atoms with Crippen LogP contribution in [0.15, 0.2) is 48.5 Å². The highest BCUT2D eigenvalue weighted by Gasteiger charge is 2.22. The number of hydrogen-bond donors (Lipinski definition) is 2. The van der Waals surface area contributed by atoms with Crippen LogP contribution in [0.2, 0.25) is 10.0 Å². The molecule has 0 saturated heterocycles. The first-order valence-corrected chi connectivity index (χ1v) is 6.85. The molecule has 0 aliphatic rings. The zero-order valence-corrected chi connectivity index (χ0v) is 12.2. The molecule has 0 aromatic heterocycles. The molecule has 1 unspecified atom stereocenters. The van der Waals surface area contributed by atoms with E-state index in [1.165, 1.54) is 0 Å². The second kappa shape index (κ2) is 6.75. The minimum atomic E-state index is -0.726. The molecule has 0 radical (unpaired) electrons. The van der Waals surface area contributed by atoms with Gasteiger partial charge in [-0.2, -0.15) is 0 Å². The molecule has 0 spiro atoms. The molecule has 3 nitrogen and oxygen atoms in total. The van der Waals surface area contributed by atoms with Crippen molar-refractivity contribution < 1.29 is 4.79 Å². The van der Waals surface area contributed by atoms with E-state index in [0.717, 1.165) is 5.56 Å². The number of carbonyl (C=O) groups excluding carboxylic acids is 1. The molecular formula is C15H14Cl2N2O. The lowest BCUT2D eigenvalue weighted by atomic mass is 10.1. The molecule has 0 saturated carbocycles. The smallest absolute Gasteiger partial charge is 0.239 e. The van der Waals surface area contributed by atoms with Gasteiger partial charge in [0.25, 0.3) is 0 Å². The average molecular weight is 309 g/mol. The minimum Gasteiger partial charge on any atom is -0.368 e. The number of nitrogens with two attached hydrogens (primary N) is 1. The van der Waals surface area contributed by atoms with E-state index in [1.807, 2.05) is 30.3 Å². The zero-order chi connectivity index (χ0) is 14.5. The predicted molar refractivity (Wildman–Crippen MR) is 81.7 cm³/mol. The molecule has 104 valence electrons. The summed E-state index contributed by atoms with van der Waals surface area (Å²) >= 11 is 12.2. The number of halogens is 2. The maximum absolute atomic E-state index is 11.7. The third kappa shape index (κ3) is 3.51. The molecule has 0 aliphatic heterocycles. The molecule has 2 rings (SSSR count). The van der Waals surface area contributed by atoms with Crippen LogP contribution >= 0.6 is 23.2 Å². The van der Waals surface area contributed by atoms with Crippen molar-refractivity contribution in [1.29, 1.82) is 0 Å². The van der Waals surface area contributed by atoms with Crippen molar-refractivity contribution in [3.63, 3.8) is 0 Å². The fourth-order valence-electron chi connectivity index (χ4n) is 1.95. The summed E-state index contributed by atoms with van der Waals surface area (Å²) in [4.78, 5) is 11.7. The van der Waals surface area contributed by atoms with Gasteiger partial charge in [0.05, 0.1) is 0 Å². The van der Waals surface area contributed by atoms with E-state index in [1.54, 1.807) is 18.2 Å². The van der Waals surface area contributed by atoms with Crippen molar-refractivity contribution in [3.8, 4) is 0 Å². The molecule has 3 N–H and O–H groups in total. The molecule has 2 aromatic carbocycles. The van der Waals surface area contributed by atoms with Crippen LogP contribution < -0.4 is 11.1 Å². The van der Waals surface area contributed by atoms with Crippen LogP contribution in [-0.4, -0.2) is 5.91 Å². The van der Waals surface area contributed by atoms with Crippen molar-refractivity contribution in [2.75, 3.05) is 0 Å². The highest BCUT2D eigenvalue weighted by atomic mass is 35.5. The maximum Gasteiger partial charge on any atom is 0.239 e. The van der Waals surface area contributed by atoms with Crippen LogP contribution in [0.1, 0.15) is 17.2 Å². The summed E-state index contributed by atoms with van der Waals surface area (Å²) in [6, 6.07) is 14.1. The van der Waals surface area contributed by atoms with E-state index in [9.17, 15) is 4.79 Å². The predicted octanol–water partition coefficient (Wildman–Crippen LogP) is 3.31. The lowest BCUT2D eigenvalue weighted by Gasteiger charge is -2.18. The molecule has 0 heterocycles. The van der Waals surface area contributed by atoms with Gasteiger partial charge in [-0.3, -0.25) is 10.1 Å². The fourth-order valence-corrected chi connectivity index (χ4v) is 2.56. The lowest BCUT2D eigenvalue weighted by Crippen LogP contribution is -2.33. The number of nitrogens with one attached hydrogen (secondary N) is 1. The monoisotopic (exact) mass is 308 g/mol. The summed E-state index contributed by atoms with van der Waals surface area (Å²) in [6.07, 6.45) is 0. The first kappa shape index (κ1) is 14.9. The number of amides is 1. The molecule has 0 aliphatic carbocycles. The van der Waals surface area contributed by atoms with E-state index >= 15 is 0 Å². The topological polar surface area (TPSA) is 55.1 Å². The Kier molecular flexibility index (Phi) is 5.01. The third-order valence-electron chi connectivity index (χ3n) is 2.93. The summed E-state index contributed by atoms with van der Waals surface area (Å²) in [5.41, 5.74) is 7.01. The van der Waals surface area contributed by atoms with Crippen molar-refractivity contribution in [2.45, 2.75) is 12.6 Å². The Hall–Kier alpha value is -1.55. The highest BCUT2D eigenvalue weighted by molar-refractivity contribution is 6.36. The fraction of sp³-hybridized carbons (Fsp3) is 0.133. The van der Waals surface area contributed by atoms with E-state index in [-0.39, 0.29) is 0 Å². The number of carbonyl (C=O) groups is 1. The lowest BCUT2D eigenvalue weighted by molar-refractivity contribution is -0.120. The Balaban J connectivity index is 2.22. The van der Waals surface area contributed by atoms with E-state index in [4.69, 9.17) is 28.9 Å². The summed E-state index contributed by atoms with van der Waals surface area (Å²) in [5, 5.41) is 3.93. The Morgan fingerprint density at radius 2 is 1.65 bits per heavy atom. The molecule has 1 amide bonds. The molecular weight excluding hydrogens is 295 g/mol. The number of rotatable bonds is 5. The zero-order valence-electron chi connectivity index (χ0n) is 10.6. The van der Waals surface area contributed by atoms with Gasteiger partial charge in [0.15, 0.2) is 0 Å². The quantitative estimate of drug-likeness (QED) is 0.890. The summed E-state index contributed by atoms with van der Waals surface area (Å²) in [7, 11) is 0. The molecule has 0 bridgehead atoms. The second-order valence-electron chi connectivity index (χ2n) is 4.34. The van der Waals surface area contributed by atoms with E-state index in [2.05, 4.69) is 5.32 Å².